The van der Waals surface area contributed by atoms with Crippen LogP contribution in [0.15, 0.2) is 42.9 Å². The molecule has 3 aromatic heterocycles. The number of hydrogen-bond donors (Lipinski definition) is 1. The molecule has 0 bridgehead atoms. The molecular weight excluding hydrogens is 437 g/mol. The van der Waals surface area contributed by atoms with Crippen molar-refractivity contribution in [2.24, 2.45) is 7.05 Å². The molecule has 0 aliphatic carbocycles. The molecule has 0 spiro atoms. The van der Waals surface area contributed by atoms with Gasteiger partial charge in [-0.2, -0.15) is 5.10 Å². The zero-order chi connectivity index (χ0) is 24.0. The minimum atomic E-state index is -0.558. The van der Waals surface area contributed by atoms with Crippen LogP contribution in [0.4, 0.5) is 9.18 Å². The molecule has 5 rings (SSSR count). The first-order valence-electron chi connectivity index (χ1n) is 11.1. The summed E-state index contributed by atoms with van der Waals surface area (Å²) < 4.78 is 28.0. The molecule has 0 fully saturated rings. The standard InChI is InChI=1S/C25H26FN5O3/c1-25(2,3)34-24(32)31-8-7-15-5-6-18(9-16(15)14-31)33-22-19-10-21(17-11-28-30(4)13-17)29-23(19)27-12-20(22)26/h5-6,9-13H,7-8,14H2,1-4H3,(H,27,29). The Labute approximate surface area is 196 Å². The summed E-state index contributed by atoms with van der Waals surface area (Å²) in [6, 6.07) is 7.45. The van der Waals surface area contributed by atoms with Crippen LogP contribution in [0.1, 0.15) is 31.9 Å². The maximum absolute atomic E-state index is 14.8. The van der Waals surface area contributed by atoms with E-state index < -0.39 is 11.4 Å². The van der Waals surface area contributed by atoms with E-state index in [-0.39, 0.29) is 11.8 Å². The predicted molar refractivity (Wildman–Crippen MR) is 125 cm³/mol. The van der Waals surface area contributed by atoms with Crippen LogP contribution in [-0.2, 0) is 24.8 Å². The summed E-state index contributed by atoms with van der Waals surface area (Å²) in [5.41, 5.74) is 3.67. The molecular formula is C25H26FN5O3. The van der Waals surface area contributed by atoms with Crippen LogP contribution in [0.3, 0.4) is 0 Å². The monoisotopic (exact) mass is 463 g/mol. The zero-order valence-corrected chi connectivity index (χ0v) is 19.6. The lowest BCUT2D eigenvalue weighted by atomic mass is 10.00. The van der Waals surface area contributed by atoms with Crippen molar-refractivity contribution in [2.45, 2.75) is 39.3 Å². The Hall–Kier alpha value is -3.88. The number of H-pyrrole nitrogens is 1. The Morgan fingerprint density at radius 2 is 2.00 bits per heavy atom. The molecule has 0 radical (unpaired) electrons. The summed E-state index contributed by atoms with van der Waals surface area (Å²) in [6.45, 7) is 6.53. The molecule has 0 saturated carbocycles. The Morgan fingerprint density at radius 1 is 1.18 bits per heavy atom. The highest BCUT2D eigenvalue weighted by Crippen LogP contribution is 2.35. The highest BCUT2D eigenvalue weighted by atomic mass is 19.1. The van der Waals surface area contributed by atoms with Crippen molar-refractivity contribution in [3.8, 4) is 22.8 Å². The molecule has 34 heavy (non-hydrogen) atoms. The third-order valence-electron chi connectivity index (χ3n) is 5.64. The SMILES string of the molecule is Cn1cc(-c2cc3c(Oc4ccc5c(c4)CN(C(=O)OC(C)(C)C)CC5)c(F)cnc3[nH]2)cn1. The van der Waals surface area contributed by atoms with E-state index in [2.05, 4.69) is 15.1 Å². The second-order valence-electron chi connectivity index (χ2n) is 9.47. The van der Waals surface area contributed by atoms with Crippen LogP contribution in [0, 0.1) is 5.82 Å². The van der Waals surface area contributed by atoms with Gasteiger partial charge in [-0.05, 0) is 56.5 Å². The highest BCUT2D eigenvalue weighted by Gasteiger charge is 2.26. The molecule has 0 atom stereocenters. The molecule has 1 aromatic carbocycles. The number of rotatable bonds is 3. The molecule has 4 aromatic rings. The maximum Gasteiger partial charge on any atom is 0.410 e. The average molecular weight is 464 g/mol. The van der Waals surface area contributed by atoms with Gasteiger partial charge in [0.15, 0.2) is 11.6 Å². The average Bonchev–Trinajstić information content (AvgIpc) is 3.40. The molecule has 1 amide bonds. The third-order valence-corrected chi connectivity index (χ3v) is 5.64. The van der Waals surface area contributed by atoms with Gasteiger partial charge in [-0.1, -0.05) is 6.07 Å². The minimum absolute atomic E-state index is 0.0937. The van der Waals surface area contributed by atoms with E-state index >= 15 is 0 Å². The normalized spacial score (nSPS) is 13.7. The van der Waals surface area contributed by atoms with Crippen LogP contribution in [0.5, 0.6) is 11.5 Å². The summed E-state index contributed by atoms with van der Waals surface area (Å²) in [5, 5.41) is 4.72. The largest absolute Gasteiger partial charge is 0.453 e. The van der Waals surface area contributed by atoms with Crippen LogP contribution in [0.25, 0.3) is 22.3 Å². The van der Waals surface area contributed by atoms with Crippen LogP contribution in [-0.4, -0.2) is 42.9 Å². The van der Waals surface area contributed by atoms with E-state index in [9.17, 15) is 9.18 Å². The number of amides is 1. The van der Waals surface area contributed by atoms with Crippen molar-refractivity contribution in [3.05, 3.63) is 59.8 Å². The highest BCUT2D eigenvalue weighted by molar-refractivity contribution is 5.88. The lowest BCUT2D eigenvalue weighted by molar-refractivity contribution is 0.0224. The maximum atomic E-state index is 14.8. The van der Waals surface area contributed by atoms with Crippen molar-refractivity contribution in [1.82, 2.24) is 24.6 Å². The van der Waals surface area contributed by atoms with Crippen LogP contribution in [0.2, 0.25) is 0 Å². The summed E-state index contributed by atoms with van der Waals surface area (Å²) in [7, 11) is 1.83. The van der Waals surface area contributed by atoms with Gasteiger partial charge < -0.3 is 19.4 Å². The topological polar surface area (TPSA) is 85.3 Å². The number of carbonyl (C=O) groups excluding carboxylic acids is 1. The fraction of sp³-hybridized carbons (Fsp3) is 0.320. The number of carbonyl (C=O) groups is 1. The molecule has 1 N–H and O–H groups in total. The number of aromatic amines is 1. The molecule has 0 unspecified atom stereocenters. The van der Waals surface area contributed by atoms with Gasteiger partial charge in [-0.15, -0.1) is 0 Å². The molecule has 1 aliphatic heterocycles. The fourth-order valence-corrected chi connectivity index (χ4v) is 4.04. The summed E-state index contributed by atoms with van der Waals surface area (Å²) in [4.78, 5) is 21.6. The first kappa shape index (κ1) is 21.9. The van der Waals surface area contributed by atoms with E-state index in [1.165, 1.54) is 0 Å². The Balaban J connectivity index is 1.43. The summed E-state index contributed by atoms with van der Waals surface area (Å²) >= 11 is 0. The van der Waals surface area contributed by atoms with Gasteiger partial charge in [-0.3, -0.25) is 4.68 Å². The third kappa shape index (κ3) is 4.33. The summed E-state index contributed by atoms with van der Waals surface area (Å²) in [5.74, 6) is 0.0220. The molecule has 8 nitrogen and oxygen atoms in total. The number of halogens is 1. The van der Waals surface area contributed by atoms with Crippen molar-refractivity contribution in [1.29, 1.82) is 0 Å². The quantitative estimate of drug-likeness (QED) is 0.452. The Kier molecular flexibility index (Phi) is 5.27. The van der Waals surface area contributed by atoms with E-state index in [0.29, 0.717) is 29.9 Å². The Bertz CT molecular complexity index is 1390. The summed E-state index contributed by atoms with van der Waals surface area (Å²) in [6.07, 6.45) is 5.10. The number of fused-ring (bicyclic) bond motifs is 2. The van der Waals surface area contributed by atoms with Crippen LogP contribution >= 0.6 is 0 Å². The smallest absolute Gasteiger partial charge is 0.410 e. The van der Waals surface area contributed by atoms with Gasteiger partial charge in [0.05, 0.1) is 23.5 Å². The van der Waals surface area contributed by atoms with Gasteiger partial charge in [-0.25, -0.2) is 14.2 Å². The number of pyridine rings is 1. The number of nitrogens with zero attached hydrogens (tertiary/aromatic N) is 4. The number of aryl methyl sites for hydroxylation is 1. The minimum Gasteiger partial charge on any atom is -0.453 e. The molecule has 176 valence electrons. The van der Waals surface area contributed by atoms with Gasteiger partial charge in [0.1, 0.15) is 17.0 Å². The van der Waals surface area contributed by atoms with Crippen molar-refractivity contribution in [3.63, 3.8) is 0 Å². The predicted octanol–water partition coefficient (Wildman–Crippen LogP) is 5.19. The molecule has 0 saturated heterocycles. The molecule has 4 heterocycles. The molecule has 9 heteroatoms. The second-order valence-corrected chi connectivity index (χ2v) is 9.47. The van der Waals surface area contributed by atoms with E-state index in [1.807, 2.05) is 52.2 Å². The van der Waals surface area contributed by atoms with Crippen molar-refractivity contribution in [2.75, 3.05) is 6.54 Å². The van der Waals surface area contributed by atoms with Gasteiger partial charge >= 0.3 is 6.09 Å². The first-order chi connectivity index (χ1) is 16.2. The van der Waals surface area contributed by atoms with E-state index in [4.69, 9.17) is 9.47 Å². The van der Waals surface area contributed by atoms with Crippen LogP contribution < -0.4 is 4.74 Å². The number of nitrogens with one attached hydrogen (secondary N) is 1. The number of ether oxygens (including phenoxy) is 2. The first-order valence-corrected chi connectivity index (χ1v) is 11.1. The van der Waals surface area contributed by atoms with Gasteiger partial charge in [0.25, 0.3) is 0 Å². The lowest BCUT2D eigenvalue weighted by Crippen LogP contribution is -2.39. The number of benzene rings is 1. The molecule has 1 aliphatic rings. The van der Waals surface area contributed by atoms with E-state index in [0.717, 1.165) is 35.0 Å². The second kappa shape index (κ2) is 8.16. The number of aromatic nitrogens is 4. The lowest BCUT2D eigenvalue weighted by Gasteiger charge is -2.31. The van der Waals surface area contributed by atoms with Gasteiger partial charge in [0, 0.05) is 31.9 Å². The zero-order valence-electron chi connectivity index (χ0n) is 19.6. The van der Waals surface area contributed by atoms with E-state index in [1.54, 1.807) is 21.8 Å². The number of hydrogen-bond acceptors (Lipinski definition) is 5. The Morgan fingerprint density at radius 3 is 2.74 bits per heavy atom. The van der Waals surface area contributed by atoms with Crippen molar-refractivity contribution >= 4 is 17.1 Å². The van der Waals surface area contributed by atoms with Crippen molar-refractivity contribution < 1.29 is 18.7 Å². The van der Waals surface area contributed by atoms with Gasteiger partial charge in [0.2, 0.25) is 0 Å². The fourth-order valence-electron chi connectivity index (χ4n) is 4.04.